The normalized spacial score (nSPS) is 17.7. The van der Waals surface area contributed by atoms with Crippen LogP contribution in [0.2, 0.25) is 0 Å². The van der Waals surface area contributed by atoms with Crippen molar-refractivity contribution in [3.63, 3.8) is 0 Å². The molecule has 0 radical (unpaired) electrons. The first-order valence-corrected chi connectivity index (χ1v) is 14.1. The van der Waals surface area contributed by atoms with Gasteiger partial charge in [0.05, 0.1) is 17.9 Å². The van der Waals surface area contributed by atoms with Crippen molar-refractivity contribution < 1.29 is 19.2 Å². The van der Waals surface area contributed by atoms with E-state index in [2.05, 4.69) is 10.6 Å². The maximum Gasteiger partial charge on any atom is 0.272 e. The first kappa shape index (κ1) is 28.0. The Kier molecular flexibility index (Phi) is 8.67. The number of hydrogen-bond donors (Lipinski definition) is 2. The molecule has 3 aromatic rings. The average molecular weight is 551 g/mol. The molecule has 1 unspecified atom stereocenters. The number of carbonyl (C=O) groups excluding carboxylic acids is 4. The van der Waals surface area contributed by atoms with Crippen molar-refractivity contribution in [2.24, 2.45) is 10.9 Å². The van der Waals surface area contributed by atoms with Crippen LogP contribution < -0.4 is 15.5 Å². The van der Waals surface area contributed by atoms with Crippen LogP contribution in [-0.2, 0) is 14.4 Å². The molecule has 2 atom stereocenters. The monoisotopic (exact) mass is 550 g/mol. The molecule has 8 heteroatoms. The maximum atomic E-state index is 14.0. The number of carbonyl (C=O) groups is 4. The van der Waals surface area contributed by atoms with E-state index in [-0.39, 0.29) is 18.2 Å². The summed E-state index contributed by atoms with van der Waals surface area (Å²) in [4.78, 5) is 59.3. The van der Waals surface area contributed by atoms with Crippen molar-refractivity contribution >= 4 is 34.9 Å². The van der Waals surface area contributed by atoms with Crippen LogP contribution in [0.5, 0.6) is 0 Å². The number of hydrogen-bond acceptors (Lipinski definition) is 5. The Hall–Kier alpha value is -4.59. The van der Waals surface area contributed by atoms with Gasteiger partial charge in [-0.05, 0) is 31.7 Å². The topological polar surface area (TPSA) is 108 Å². The van der Waals surface area contributed by atoms with E-state index in [9.17, 15) is 19.2 Å². The predicted molar refractivity (Wildman–Crippen MR) is 158 cm³/mol. The van der Waals surface area contributed by atoms with Crippen LogP contribution in [0.1, 0.15) is 60.5 Å². The van der Waals surface area contributed by atoms with E-state index < -0.39 is 24.0 Å². The molecule has 210 valence electrons. The molecule has 1 aliphatic heterocycles. The second-order valence-corrected chi connectivity index (χ2v) is 10.6. The molecule has 0 aromatic heterocycles. The fourth-order valence-corrected chi connectivity index (χ4v) is 5.47. The summed E-state index contributed by atoms with van der Waals surface area (Å²) < 4.78 is 0. The standard InChI is InChI=1S/C33H34N4O4/c1-22(34-29(39)20-23-12-8-9-13-23)32(40)36-31-33(41)37(21-28(38)24-14-4-2-5-15-24)27-19-11-10-18-26(27)30(35-31)25-16-6-3-7-17-25/h2-7,10-11,14-19,22-23,31H,8-9,12-13,20-21H2,1H3,(H,34,39)(H,36,40)/t22-,31?/m0/s1. The number of anilines is 1. The highest BCUT2D eigenvalue weighted by molar-refractivity contribution is 6.21. The lowest BCUT2D eigenvalue weighted by Gasteiger charge is -2.25. The fourth-order valence-electron chi connectivity index (χ4n) is 5.47. The third-order valence-corrected chi connectivity index (χ3v) is 7.65. The van der Waals surface area contributed by atoms with Crippen LogP contribution in [0.15, 0.2) is 89.9 Å². The third kappa shape index (κ3) is 6.60. The van der Waals surface area contributed by atoms with Crippen LogP contribution in [0.3, 0.4) is 0 Å². The number of fused-ring (bicyclic) bond motifs is 1. The molecular weight excluding hydrogens is 516 g/mol. The lowest BCUT2D eigenvalue weighted by molar-refractivity contribution is -0.131. The van der Waals surface area contributed by atoms with Crippen LogP contribution in [0.4, 0.5) is 5.69 Å². The number of rotatable bonds is 9. The van der Waals surface area contributed by atoms with Crippen molar-refractivity contribution in [3.8, 4) is 0 Å². The van der Waals surface area contributed by atoms with E-state index in [0.29, 0.717) is 34.9 Å². The molecule has 0 saturated heterocycles. The van der Waals surface area contributed by atoms with E-state index in [1.54, 1.807) is 43.3 Å². The van der Waals surface area contributed by atoms with Crippen molar-refractivity contribution in [2.75, 3.05) is 11.4 Å². The molecule has 8 nitrogen and oxygen atoms in total. The second kappa shape index (κ2) is 12.7. The van der Waals surface area contributed by atoms with Gasteiger partial charge in [-0.25, -0.2) is 4.99 Å². The van der Waals surface area contributed by atoms with Gasteiger partial charge in [0.1, 0.15) is 6.04 Å². The van der Waals surface area contributed by atoms with Gasteiger partial charge in [0.15, 0.2) is 5.78 Å². The highest BCUT2D eigenvalue weighted by Gasteiger charge is 2.35. The lowest BCUT2D eigenvalue weighted by atomic mass is 10.00. The van der Waals surface area contributed by atoms with E-state index in [0.717, 1.165) is 31.2 Å². The average Bonchev–Trinajstić information content (AvgIpc) is 3.47. The number of ketones is 1. The minimum absolute atomic E-state index is 0.178. The molecule has 1 aliphatic carbocycles. The molecule has 3 aromatic carbocycles. The summed E-state index contributed by atoms with van der Waals surface area (Å²) in [5.41, 5.74) is 2.96. The SMILES string of the molecule is C[C@H](NC(=O)CC1CCCC1)C(=O)NC1N=C(c2ccccc2)c2ccccc2N(CC(=O)c2ccccc2)C1=O. The number of nitrogens with zero attached hydrogens (tertiary/aromatic N) is 2. The molecular formula is C33H34N4O4. The Morgan fingerprint density at radius 1 is 0.902 bits per heavy atom. The molecule has 1 heterocycles. The van der Waals surface area contributed by atoms with Gasteiger partial charge in [-0.3, -0.25) is 19.2 Å². The summed E-state index contributed by atoms with van der Waals surface area (Å²) >= 11 is 0. The van der Waals surface area contributed by atoms with Gasteiger partial charge in [0.25, 0.3) is 5.91 Å². The van der Waals surface area contributed by atoms with Crippen molar-refractivity contribution in [1.82, 2.24) is 10.6 Å². The van der Waals surface area contributed by atoms with E-state index in [1.165, 1.54) is 4.90 Å². The summed E-state index contributed by atoms with van der Waals surface area (Å²) in [5.74, 6) is -1.14. The Bertz CT molecular complexity index is 1450. The number of nitrogens with one attached hydrogen (secondary N) is 2. The van der Waals surface area contributed by atoms with E-state index in [4.69, 9.17) is 4.99 Å². The van der Waals surface area contributed by atoms with E-state index in [1.807, 2.05) is 48.5 Å². The van der Waals surface area contributed by atoms with E-state index >= 15 is 0 Å². The number of aliphatic imine (C=N–C) groups is 1. The zero-order valence-electron chi connectivity index (χ0n) is 23.1. The summed E-state index contributed by atoms with van der Waals surface area (Å²) in [6.45, 7) is 1.37. The van der Waals surface area contributed by atoms with Gasteiger partial charge < -0.3 is 15.5 Å². The minimum Gasteiger partial charge on any atom is -0.345 e. The fraction of sp³-hybridized carbons (Fsp3) is 0.303. The van der Waals surface area contributed by atoms with Gasteiger partial charge in [0, 0.05) is 23.1 Å². The molecule has 1 saturated carbocycles. The van der Waals surface area contributed by atoms with Gasteiger partial charge in [-0.15, -0.1) is 0 Å². The molecule has 3 amide bonds. The zero-order valence-corrected chi connectivity index (χ0v) is 23.1. The predicted octanol–water partition coefficient (Wildman–Crippen LogP) is 4.28. The van der Waals surface area contributed by atoms with Gasteiger partial charge in [0.2, 0.25) is 18.0 Å². The molecule has 0 bridgehead atoms. The second-order valence-electron chi connectivity index (χ2n) is 10.6. The van der Waals surface area contributed by atoms with Gasteiger partial charge >= 0.3 is 0 Å². The van der Waals surface area contributed by atoms with Crippen LogP contribution in [0.25, 0.3) is 0 Å². The van der Waals surface area contributed by atoms with Gasteiger partial charge in [-0.1, -0.05) is 91.7 Å². The summed E-state index contributed by atoms with van der Waals surface area (Å²) in [6, 6.07) is 24.6. The first-order chi connectivity index (χ1) is 19.9. The molecule has 41 heavy (non-hydrogen) atoms. The van der Waals surface area contributed by atoms with Crippen LogP contribution >= 0.6 is 0 Å². The summed E-state index contributed by atoms with van der Waals surface area (Å²) in [5, 5.41) is 5.51. The molecule has 2 N–H and O–H groups in total. The van der Waals surface area contributed by atoms with Crippen LogP contribution in [0, 0.1) is 5.92 Å². The largest absolute Gasteiger partial charge is 0.345 e. The van der Waals surface area contributed by atoms with Crippen molar-refractivity contribution in [1.29, 1.82) is 0 Å². The lowest BCUT2D eigenvalue weighted by Crippen LogP contribution is -2.53. The van der Waals surface area contributed by atoms with Crippen molar-refractivity contribution in [2.45, 2.75) is 51.2 Å². The smallest absolute Gasteiger partial charge is 0.272 e. The van der Waals surface area contributed by atoms with Crippen molar-refractivity contribution in [3.05, 3.63) is 102 Å². The Morgan fingerprint density at radius 2 is 1.54 bits per heavy atom. The minimum atomic E-state index is -1.30. The number of Topliss-reactive ketones (excluding diaryl/α,β-unsaturated/α-hetero) is 1. The quantitative estimate of drug-likeness (QED) is 0.388. The summed E-state index contributed by atoms with van der Waals surface area (Å²) in [7, 11) is 0. The zero-order chi connectivity index (χ0) is 28.8. The Balaban J connectivity index is 1.44. The summed E-state index contributed by atoms with van der Waals surface area (Å²) in [6.07, 6.45) is 3.40. The molecule has 2 aliphatic rings. The number of benzodiazepines with no additional fused rings is 1. The molecule has 5 rings (SSSR count). The molecule has 1 fully saturated rings. The van der Waals surface area contributed by atoms with Crippen LogP contribution in [-0.4, -0.2) is 48.0 Å². The molecule has 0 spiro atoms. The number of amides is 3. The Morgan fingerprint density at radius 3 is 2.24 bits per heavy atom. The number of benzene rings is 3. The number of para-hydroxylation sites is 1. The maximum absolute atomic E-state index is 14.0. The third-order valence-electron chi connectivity index (χ3n) is 7.65. The van der Waals surface area contributed by atoms with Gasteiger partial charge in [-0.2, -0.15) is 0 Å². The highest BCUT2D eigenvalue weighted by atomic mass is 16.2. The Labute approximate surface area is 239 Å². The highest BCUT2D eigenvalue weighted by Crippen LogP contribution is 2.29. The first-order valence-electron chi connectivity index (χ1n) is 14.1.